The first-order chi connectivity index (χ1) is 7.04. The zero-order valence-electron chi connectivity index (χ0n) is 9.87. The van der Waals surface area contributed by atoms with E-state index in [0.717, 1.165) is 17.1 Å². The maximum absolute atomic E-state index is 9.45. The van der Waals surface area contributed by atoms with Gasteiger partial charge in [-0.1, -0.05) is 6.92 Å². The lowest BCUT2D eigenvalue weighted by Gasteiger charge is -2.15. The molecule has 0 saturated heterocycles. The lowest BCUT2D eigenvalue weighted by molar-refractivity contribution is 0.163. The summed E-state index contributed by atoms with van der Waals surface area (Å²) in [6, 6.07) is 0.219. The Balaban J connectivity index is 2.53. The fourth-order valence-corrected chi connectivity index (χ4v) is 2.41. The summed E-state index contributed by atoms with van der Waals surface area (Å²) in [6.07, 6.45) is 0.530. The van der Waals surface area contributed by atoms with E-state index in [2.05, 4.69) is 24.1 Å². The Labute approximate surface area is 95.6 Å². The molecule has 4 heteroatoms. The van der Waals surface area contributed by atoms with Crippen LogP contribution in [-0.2, 0) is 0 Å². The second-order valence-corrected chi connectivity index (χ2v) is 5.27. The molecule has 0 bridgehead atoms. The van der Waals surface area contributed by atoms with Crippen molar-refractivity contribution in [1.29, 1.82) is 0 Å². The van der Waals surface area contributed by atoms with Crippen LogP contribution in [-0.4, -0.2) is 22.7 Å². The molecule has 2 atom stereocenters. The van der Waals surface area contributed by atoms with Crippen LogP contribution in [0.2, 0.25) is 0 Å². The zero-order chi connectivity index (χ0) is 11.4. The van der Waals surface area contributed by atoms with Crippen LogP contribution >= 0.6 is 11.3 Å². The molecule has 0 amide bonds. The second-order valence-electron chi connectivity index (χ2n) is 3.87. The number of nitrogens with zero attached hydrogens (tertiary/aromatic N) is 1. The van der Waals surface area contributed by atoms with Crippen molar-refractivity contribution >= 4 is 11.3 Å². The summed E-state index contributed by atoms with van der Waals surface area (Å²) in [5.41, 5.74) is 1.11. The van der Waals surface area contributed by atoms with Crippen molar-refractivity contribution in [3.05, 3.63) is 15.6 Å². The number of thiazole rings is 1. The molecule has 0 fully saturated rings. The fourth-order valence-electron chi connectivity index (χ4n) is 1.50. The first-order valence-corrected chi connectivity index (χ1v) is 6.21. The summed E-state index contributed by atoms with van der Waals surface area (Å²) in [5, 5.41) is 13.8. The van der Waals surface area contributed by atoms with Gasteiger partial charge < -0.3 is 10.4 Å². The van der Waals surface area contributed by atoms with Gasteiger partial charge in [0.05, 0.1) is 16.8 Å². The predicted molar refractivity (Wildman–Crippen MR) is 64.3 cm³/mol. The van der Waals surface area contributed by atoms with Gasteiger partial charge in [0.25, 0.3) is 0 Å². The van der Waals surface area contributed by atoms with Gasteiger partial charge in [0, 0.05) is 17.5 Å². The SMILES string of the molecule is CCC(O)CNC(C)c1nc(C)sc1C. The van der Waals surface area contributed by atoms with Gasteiger partial charge in [0.15, 0.2) is 0 Å². The molecule has 0 aromatic carbocycles. The Kier molecular flexibility index (Phi) is 4.70. The normalized spacial score (nSPS) is 15.3. The number of nitrogens with one attached hydrogen (secondary N) is 1. The maximum Gasteiger partial charge on any atom is 0.0900 e. The van der Waals surface area contributed by atoms with Gasteiger partial charge in [-0.25, -0.2) is 4.98 Å². The van der Waals surface area contributed by atoms with Crippen molar-refractivity contribution in [3.63, 3.8) is 0 Å². The van der Waals surface area contributed by atoms with Gasteiger partial charge >= 0.3 is 0 Å². The van der Waals surface area contributed by atoms with Gasteiger partial charge in [-0.05, 0) is 27.2 Å². The van der Waals surface area contributed by atoms with Crippen LogP contribution in [0.4, 0.5) is 0 Å². The summed E-state index contributed by atoms with van der Waals surface area (Å²) in [7, 11) is 0. The molecule has 0 aliphatic rings. The van der Waals surface area contributed by atoms with Gasteiger partial charge in [-0.15, -0.1) is 11.3 Å². The molecule has 1 heterocycles. The maximum atomic E-state index is 9.45. The molecule has 0 spiro atoms. The number of rotatable bonds is 5. The van der Waals surface area contributed by atoms with Crippen molar-refractivity contribution < 1.29 is 5.11 Å². The molecule has 0 aliphatic heterocycles. The summed E-state index contributed by atoms with van der Waals surface area (Å²) >= 11 is 1.72. The Hall–Kier alpha value is -0.450. The average Bonchev–Trinajstić information content (AvgIpc) is 2.53. The van der Waals surface area contributed by atoms with Crippen LogP contribution in [0.5, 0.6) is 0 Å². The molecule has 86 valence electrons. The average molecular weight is 228 g/mol. The molecule has 3 nitrogen and oxygen atoms in total. The van der Waals surface area contributed by atoms with E-state index in [1.54, 1.807) is 11.3 Å². The Morgan fingerprint density at radius 2 is 2.13 bits per heavy atom. The lowest BCUT2D eigenvalue weighted by Crippen LogP contribution is -2.29. The number of aryl methyl sites for hydroxylation is 2. The lowest BCUT2D eigenvalue weighted by atomic mass is 10.2. The highest BCUT2D eigenvalue weighted by molar-refractivity contribution is 7.11. The second kappa shape index (κ2) is 5.58. The van der Waals surface area contributed by atoms with E-state index < -0.39 is 0 Å². The van der Waals surface area contributed by atoms with Gasteiger partial charge in [0.1, 0.15) is 0 Å². The summed E-state index contributed by atoms with van der Waals surface area (Å²) < 4.78 is 0. The summed E-state index contributed by atoms with van der Waals surface area (Å²) in [6.45, 7) is 8.82. The minimum absolute atomic E-state index is 0.219. The number of aromatic nitrogens is 1. The van der Waals surface area contributed by atoms with Crippen LogP contribution in [0.3, 0.4) is 0 Å². The molecule has 2 unspecified atom stereocenters. The minimum Gasteiger partial charge on any atom is -0.392 e. The third-order valence-electron chi connectivity index (χ3n) is 2.48. The summed E-state index contributed by atoms with van der Waals surface area (Å²) in [4.78, 5) is 5.75. The van der Waals surface area contributed by atoms with Crippen LogP contribution in [0, 0.1) is 13.8 Å². The van der Waals surface area contributed by atoms with Crippen molar-refractivity contribution in [1.82, 2.24) is 10.3 Å². The van der Waals surface area contributed by atoms with Crippen molar-refractivity contribution in [3.8, 4) is 0 Å². The highest BCUT2D eigenvalue weighted by Gasteiger charge is 2.13. The number of aliphatic hydroxyl groups excluding tert-OH is 1. The molecule has 0 saturated carbocycles. The minimum atomic E-state index is -0.257. The molecular formula is C11H20N2OS. The van der Waals surface area contributed by atoms with Crippen LogP contribution in [0.15, 0.2) is 0 Å². The van der Waals surface area contributed by atoms with E-state index in [0.29, 0.717) is 6.54 Å². The van der Waals surface area contributed by atoms with Crippen molar-refractivity contribution in [2.75, 3.05) is 6.54 Å². The molecule has 15 heavy (non-hydrogen) atoms. The Morgan fingerprint density at radius 3 is 2.60 bits per heavy atom. The van der Waals surface area contributed by atoms with Gasteiger partial charge in [-0.3, -0.25) is 0 Å². The summed E-state index contributed by atoms with van der Waals surface area (Å²) in [5.74, 6) is 0. The van der Waals surface area contributed by atoms with E-state index in [4.69, 9.17) is 0 Å². The van der Waals surface area contributed by atoms with Crippen molar-refractivity contribution in [2.24, 2.45) is 0 Å². The standard InChI is InChI=1S/C11H20N2OS/c1-5-10(14)6-12-7(2)11-8(3)15-9(4)13-11/h7,10,12,14H,5-6H2,1-4H3. The zero-order valence-corrected chi connectivity index (χ0v) is 10.7. The van der Waals surface area contributed by atoms with E-state index >= 15 is 0 Å². The third-order valence-corrected chi connectivity index (χ3v) is 3.38. The van der Waals surface area contributed by atoms with Gasteiger partial charge in [0.2, 0.25) is 0 Å². The van der Waals surface area contributed by atoms with E-state index in [1.807, 2.05) is 13.8 Å². The smallest absolute Gasteiger partial charge is 0.0900 e. The molecular weight excluding hydrogens is 208 g/mol. The monoisotopic (exact) mass is 228 g/mol. The molecule has 2 N–H and O–H groups in total. The van der Waals surface area contributed by atoms with Crippen LogP contribution in [0.25, 0.3) is 0 Å². The fraction of sp³-hybridized carbons (Fsp3) is 0.727. The molecule has 1 rings (SSSR count). The number of hydrogen-bond acceptors (Lipinski definition) is 4. The number of hydrogen-bond donors (Lipinski definition) is 2. The van der Waals surface area contributed by atoms with E-state index in [1.165, 1.54) is 4.88 Å². The number of aliphatic hydroxyl groups is 1. The first-order valence-electron chi connectivity index (χ1n) is 5.40. The van der Waals surface area contributed by atoms with Gasteiger partial charge in [-0.2, -0.15) is 0 Å². The molecule has 0 radical (unpaired) electrons. The highest BCUT2D eigenvalue weighted by Crippen LogP contribution is 2.22. The Bertz CT molecular complexity index is 312. The topological polar surface area (TPSA) is 45.1 Å². The predicted octanol–water partition coefficient (Wildman–Crippen LogP) is 2.18. The van der Waals surface area contributed by atoms with E-state index in [9.17, 15) is 5.11 Å². The molecule has 1 aromatic heterocycles. The molecule has 0 aliphatic carbocycles. The van der Waals surface area contributed by atoms with Crippen LogP contribution < -0.4 is 5.32 Å². The largest absolute Gasteiger partial charge is 0.392 e. The highest BCUT2D eigenvalue weighted by atomic mass is 32.1. The third kappa shape index (κ3) is 3.55. The Morgan fingerprint density at radius 1 is 1.47 bits per heavy atom. The molecule has 1 aromatic rings. The van der Waals surface area contributed by atoms with Crippen LogP contribution in [0.1, 0.15) is 41.9 Å². The van der Waals surface area contributed by atoms with Crippen molar-refractivity contribution in [2.45, 2.75) is 46.3 Å². The van der Waals surface area contributed by atoms with E-state index in [-0.39, 0.29) is 12.1 Å². The first kappa shape index (κ1) is 12.6. The quantitative estimate of drug-likeness (QED) is 0.812.